The molecule has 0 atom stereocenters. The van der Waals surface area contributed by atoms with Gasteiger partial charge in [0.2, 0.25) is 0 Å². The monoisotopic (exact) mass is 317 g/mol. The number of benzene rings is 2. The first kappa shape index (κ1) is 16.1. The number of nitro benzene ring substituents is 1. The van der Waals surface area contributed by atoms with Crippen molar-refractivity contribution in [3.05, 3.63) is 69.5 Å². The van der Waals surface area contributed by atoms with Crippen LogP contribution in [0.25, 0.3) is 0 Å². The van der Waals surface area contributed by atoms with Gasteiger partial charge >= 0.3 is 5.69 Å². The number of hydrogen-bond acceptors (Lipinski definition) is 5. The Hall–Kier alpha value is -3.29. The zero-order valence-electron chi connectivity index (χ0n) is 12.0. The predicted molar refractivity (Wildman–Crippen MR) is 81.1 cm³/mol. The van der Waals surface area contributed by atoms with Crippen LogP contribution in [0.1, 0.15) is 15.9 Å². The van der Waals surface area contributed by atoms with Crippen molar-refractivity contribution >= 4 is 17.8 Å². The lowest BCUT2D eigenvalue weighted by Gasteiger charge is -2.02. The number of nitro groups is 1. The molecule has 0 spiro atoms. The number of nitrogens with zero attached hydrogens (tertiary/aromatic N) is 2. The Morgan fingerprint density at radius 3 is 2.61 bits per heavy atom. The largest absolute Gasteiger partial charge is 0.490 e. The van der Waals surface area contributed by atoms with Gasteiger partial charge in [0.1, 0.15) is 5.82 Å². The summed E-state index contributed by atoms with van der Waals surface area (Å²) in [6.07, 6.45) is 1.26. The van der Waals surface area contributed by atoms with E-state index in [-0.39, 0.29) is 17.0 Å². The Morgan fingerprint density at radius 1 is 1.30 bits per heavy atom. The number of nitrogens with one attached hydrogen (secondary N) is 1. The fourth-order valence-electron chi connectivity index (χ4n) is 1.76. The first-order valence-electron chi connectivity index (χ1n) is 6.42. The van der Waals surface area contributed by atoms with Gasteiger partial charge in [-0.05, 0) is 36.4 Å². The van der Waals surface area contributed by atoms with Crippen molar-refractivity contribution in [2.45, 2.75) is 0 Å². The average Bonchev–Trinajstić information content (AvgIpc) is 2.55. The molecule has 2 rings (SSSR count). The number of rotatable bonds is 5. The van der Waals surface area contributed by atoms with E-state index in [1.165, 1.54) is 37.6 Å². The van der Waals surface area contributed by atoms with E-state index in [4.69, 9.17) is 4.74 Å². The smallest absolute Gasteiger partial charge is 0.311 e. The zero-order chi connectivity index (χ0) is 16.8. The number of halogens is 1. The van der Waals surface area contributed by atoms with Crippen LogP contribution in [-0.2, 0) is 0 Å². The predicted octanol–water partition coefficient (Wildman–Crippen LogP) is 2.51. The standard InChI is InChI=1S/C15H12FN3O4/c1-23-14-7-2-10(8-13(14)19(21)22)9-17-18-15(20)11-3-5-12(16)6-4-11/h2-9H,1H3,(H,18,20)/b17-9-. The molecule has 0 fully saturated rings. The van der Waals surface area contributed by atoms with Gasteiger partial charge in [0.25, 0.3) is 5.91 Å². The molecule has 7 nitrogen and oxygen atoms in total. The van der Waals surface area contributed by atoms with Gasteiger partial charge in [0, 0.05) is 17.2 Å². The number of hydrogen-bond donors (Lipinski definition) is 1. The van der Waals surface area contributed by atoms with Crippen molar-refractivity contribution in [1.29, 1.82) is 0 Å². The molecule has 2 aromatic rings. The van der Waals surface area contributed by atoms with E-state index < -0.39 is 16.6 Å². The lowest BCUT2D eigenvalue weighted by Crippen LogP contribution is -2.17. The molecule has 1 amide bonds. The average molecular weight is 317 g/mol. The topological polar surface area (TPSA) is 93.8 Å². The molecule has 118 valence electrons. The Balaban J connectivity index is 2.08. The van der Waals surface area contributed by atoms with E-state index in [1.54, 1.807) is 6.07 Å². The van der Waals surface area contributed by atoms with Crippen LogP contribution in [0.4, 0.5) is 10.1 Å². The first-order valence-corrected chi connectivity index (χ1v) is 6.42. The lowest BCUT2D eigenvalue weighted by molar-refractivity contribution is -0.385. The molecule has 0 radical (unpaired) electrons. The summed E-state index contributed by atoms with van der Waals surface area (Å²) >= 11 is 0. The maximum Gasteiger partial charge on any atom is 0.311 e. The third kappa shape index (κ3) is 4.10. The van der Waals surface area contributed by atoms with Crippen LogP contribution in [0.2, 0.25) is 0 Å². The highest BCUT2D eigenvalue weighted by Gasteiger charge is 2.14. The number of ether oxygens (including phenoxy) is 1. The highest BCUT2D eigenvalue weighted by molar-refractivity contribution is 5.94. The Kier molecular flexibility index (Phi) is 4.98. The minimum atomic E-state index is -0.576. The van der Waals surface area contributed by atoms with E-state index >= 15 is 0 Å². The van der Waals surface area contributed by atoms with Crippen LogP contribution >= 0.6 is 0 Å². The van der Waals surface area contributed by atoms with Crippen molar-refractivity contribution in [2.75, 3.05) is 7.11 Å². The second-order valence-corrected chi connectivity index (χ2v) is 4.39. The SMILES string of the molecule is COc1ccc(/C=N\NC(=O)c2ccc(F)cc2)cc1[N+](=O)[O-]. The summed E-state index contributed by atoms with van der Waals surface area (Å²) in [5.41, 5.74) is 2.70. The Morgan fingerprint density at radius 2 is 2.00 bits per heavy atom. The molecule has 8 heteroatoms. The van der Waals surface area contributed by atoms with Crippen molar-refractivity contribution in [2.24, 2.45) is 5.10 Å². The molecule has 0 saturated carbocycles. The van der Waals surface area contributed by atoms with Gasteiger partial charge in [0.05, 0.1) is 18.2 Å². The van der Waals surface area contributed by atoms with Gasteiger partial charge in [-0.15, -0.1) is 0 Å². The molecule has 0 unspecified atom stereocenters. The molecule has 0 saturated heterocycles. The third-order valence-electron chi connectivity index (χ3n) is 2.89. The maximum absolute atomic E-state index is 12.8. The van der Waals surface area contributed by atoms with Gasteiger partial charge in [-0.2, -0.15) is 5.10 Å². The van der Waals surface area contributed by atoms with E-state index in [1.807, 2.05) is 0 Å². The second-order valence-electron chi connectivity index (χ2n) is 4.39. The molecular formula is C15H12FN3O4. The minimum Gasteiger partial charge on any atom is -0.490 e. The van der Waals surface area contributed by atoms with E-state index in [0.717, 1.165) is 12.1 Å². The number of carbonyl (C=O) groups excluding carboxylic acids is 1. The molecule has 1 N–H and O–H groups in total. The maximum atomic E-state index is 12.8. The second kappa shape index (κ2) is 7.12. The van der Waals surface area contributed by atoms with Crippen LogP contribution in [0.3, 0.4) is 0 Å². The molecule has 0 aromatic heterocycles. The molecule has 0 aliphatic carbocycles. The zero-order valence-corrected chi connectivity index (χ0v) is 12.0. The fraction of sp³-hybridized carbons (Fsp3) is 0.0667. The summed E-state index contributed by atoms with van der Waals surface area (Å²) in [7, 11) is 1.33. The minimum absolute atomic E-state index is 0.127. The molecule has 2 aromatic carbocycles. The summed E-state index contributed by atoms with van der Waals surface area (Å²) in [6, 6.07) is 9.21. The summed E-state index contributed by atoms with van der Waals surface area (Å²) < 4.78 is 17.6. The van der Waals surface area contributed by atoms with Crippen LogP contribution in [0.5, 0.6) is 5.75 Å². The number of hydrazone groups is 1. The molecular weight excluding hydrogens is 305 g/mol. The van der Waals surface area contributed by atoms with Gasteiger partial charge in [-0.25, -0.2) is 9.82 Å². The molecule has 0 bridgehead atoms. The Bertz CT molecular complexity index is 760. The van der Waals surface area contributed by atoms with Gasteiger partial charge in [-0.1, -0.05) is 0 Å². The van der Waals surface area contributed by atoms with E-state index in [0.29, 0.717) is 5.56 Å². The third-order valence-corrected chi connectivity index (χ3v) is 2.89. The van der Waals surface area contributed by atoms with E-state index in [2.05, 4.69) is 10.5 Å². The van der Waals surface area contributed by atoms with E-state index in [9.17, 15) is 19.3 Å². The number of amides is 1. The number of methoxy groups -OCH3 is 1. The summed E-state index contributed by atoms with van der Waals surface area (Å²) in [5, 5.41) is 14.6. The molecule has 0 aliphatic rings. The summed E-state index contributed by atoms with van der Waals surface area (Å²) in [4.78, 5) is 22.1. The molecule has 0 aliphatic heterocycles. The van der Waals surface area contributed by atoms with Gasteiger partial charge < -0.3 is 4.74 Å². The Labute approximate surface area is 130 Å². The van der Waals surface area contributed by atoms with Crippen molar-refractivity contribution in [1.82, 2.24) is 5.43 Å². The van der Waals surface area contributed by atoms with Crippen LogP contribution < -0.4 is 10.2 Å². The fourth-order valence-corrected chi connectivity index (χ4v) is 1.76. The lowest BCUT2D eigenvalue weighted by atomic mass is 10.2. The molecule has 23 heavy (non-hydrogen) atoms. The van der Waals surface area contributed by atoms with Crippen molar-refractivity contribution in [3.63, 3.8) is 0 Å². The summed E-state index contributed by atoms with van der Waals surface area (Å²) in [6.45, 7) is 0. The van der Waals surface area contributed by atoms with Gasteiger partial charge in [-0.3, -0.25) is 14.9 Å². The molecule has 0 heterocycles. The van der Waals surface area contributed by atoms with Crippen LogP contribution in [0, 0.1) is 15.9 Å². The normalized spacial score (nSPS) is 10.5. The van der Waals surface area contributed by atoms with Gasteiger partial charge in [0.15, 0.2) is 5.75 Å². The highest BCUT2D eigenvalue weighted by Crippen LogP contribution is 2.26. The van der Waals surface area contributed by atoms with Crippen LogP contribution in [0.15, 0.2) is 47.6 Å². The van der Waals surface area contributed by atoms with Crippen molar-refractivity contribution in [3.8, 4) is 5.75 Å². The quantitative estimate of drug-likeness (QED) is 0.521. The highest BCUT2D eigenvalue weighted by atomic mass is 19.1. The summed E-state index contributed by atoms with van der Waals surface area (Å²) in [5.74, 6) is -0.845. The number of carbonyl (C=O) groups is 1. The van der Waals surface area contributed by atoms with Crippen LogP contribution in [-0.4, -0.2) is 24.2 Å². The van der Waals surface area contributed by atoms with Crippen molar-refractivity contribution < 1.29 is 18.8 Å². The first-order chi connectivity index (χ1) is 11.0.